The highest BCUT2D eigenvalue weighted by Crippen LogP contribution is 2.25. The van der Waals surface area contributed by atoms with Crippen molar-refractivity contribution in [2.75, 3.05) is 6.61 Å². The molecule has 1 fully saturated rings. The zero-order valence-electron chi connectivity index (χ0n) is 12.5. The number of nitrogens with one attached hydrogen (secondary N) is 1. The van der Waals surface area contributed by atoms with Crippen LogP contribution < -0.4 is 5.32 Å². The fourth-order valence-corrected chi connectivity index (χ4v) is 3.15. The Balaban J connectivity index is 2.14. The molecule has 0 aromatic heterocycles. The van der Waals surface area contributed by atoms with Crippen LogP contribution in [-0.2, 0) is 0 Å². The monoisotopic (exact) mass is 261 g/mol. The number of aliphatic hydroxyl groups excluding tert-OH is 1. The summed E-state index contributed by atoms with van der Waals surface area (Å²) in [4.78, 5) is 0. The lowest BCUT2D eigenvalue weighted by atomic mass is 9.92. The first kappa shape index (κ1) is 14.5. The van der Waals surface area contributed by atoms with E-state index in [-0.39, 0.29) is 12.6 Å². The second-order valence-electron chi connectivity index (χ2n) is 6.03. The van der Waals surface area contributed by atoms with Gasteiger partial charge in [0.15, 0.2) is 0 Å². The third kappa shape index (κ3) is 3.58. The van der Waals surface area contributed by atoms with E-state index in [1.54, 1.807) is 0 Å². The molecule has 0 aliphatic heterocycles. The molecule has 1 atom stereocenters. The van der Waals surface area contributed by atoms with Crippen molar-refractivity contribution in [1.29, 1.82) is 0 Å². The molecular formula is C17H27NO. The fourth-order valence-electron chi connectivity index (χ4n) is 3.15. The summed E-state index contributed by atoms with van der Waals surface area (Å²) in [5.41, 5.74) is 5.18. The molecule has 2 heteroatoms. The average Bonchev–Trinajstić information content (AvgIpc) is 2.42. The molecule has 106 valence electrons. The highest BCUT2D eigenvalue weighted by molar-refractivity contribution is 5.38. The molecule has 1 aliphatic rings. The van der Waals surface area contributed by atoms with E-state index in [1.165, 1.54) is 54.4 Å². The molecule has 1 aliphatic carbocycles. The molecule has 1 aromatic carbocycles. The fraction of sp³-hybridized carbons (Fsp3) is 0.647. The van der Waals surface area contributed by atoms with E-state index in [0.717, 1.165) is 0 Å². The molecule has 1 unspecified atom stereocenters. The van der Waals surface area contributed by atoms with E-state index in [9.17, 15) is 5.11 Å². The standard InChI is InChI=1S/C17H27NO/c1-12-9-14(3)16(10-13(12)2)17(11-19)18-15-7-5-4-6-8-15/h9-10,15,17-19H,4-8,11H2,1-3H3. The Morgan fingerprint density at radius 1 is 1.05 bits per heavy atom. The summed E-state index contributed by atoms with van der Waals surface area (Å²) >= 11 is 0. The van der Waals surface area contributed by atoms with Crippen LogP contribution in [0.3, 0.4) is 0 Å². The van der Waals surface area contributed by atoms with Gasteiger partial charge in [0, 0.05) is 6.04 Å². The van der Waals surface area contributed by atoms with Gasteiger partial charge in [-0.25, -0.2) is 0 Å². The minimum atomic E-state index is 0.0856. The highest BCUT2D eigenvalue weighted by atomic mass is 16.3. The van der Waals surface area contributed by atoms with Crippen LogP contribution in [0, 0.1) is 20.8 Å². The van der Waals surface area contributed by atoms with Crippen LogP contribution in [0.5, 0.6) is 0 Å². The maximum atomic E-state index is 9.73. The average molecular weight is 261 g/mol. The molecule has 1 aromatic rings. The molecule has 2 nitrogen and oxygen atoms in total. The van der Waals surface area contributed by atoms with Crippen molar-refractivity contribution in [1.82, 2.24) is 5.32 Å². The van der Waals surface area contributed by atoms with Gasteiger partial charge in [-0.3, -0.25) is 0 Å². The van der Waals surface area contributed by atoms with E-state index in [1.807, 2.05) is 0 Å². The van der Waals surface area contributed by atoms with Crippen LogP contribution in [0.2, 0.25) is 0 Å². The van der Waals surface area contributed by atoms with Gasteiger partial charge < -0.3 is 10.4 Å². The Morgan fingerprint density at radius 2 is 1.68 bits per heavy atom. The van der Waals surface area contributed by atoms with Crippen molar-refractivity contribution in [2.45, 2.75) is 65.0 Å². The van der Waals surface area contributed by atoms with Gasteiger partial charge >= 0.3 is 0 Å². The van der Waals surface area contributed by atoms with Crippen LogP contribution >= 0.6 is 0 Å². The van der Waals surface area contributed by atoms with Crippen molar-refractivity contribution in [3.8, 4) is 0 Å². The zero-order chi connectivity index (χ0) is 13.8. The van der Waals surface area contributed by atoms with Gasteiger partial charge in [0.1, 0.15) is 0 Å². The minimum absolute atomic E-state index is 0.0856. The highest BCUT2D eigenvalue weighted by Gasteiger charge is 2.20. The molecule has 0 bridgehead atoms. The number of benzene rings is 1. The topological polar surface area (TPSA) is 32.3 Å². The molecule has 1 saturated carbocycles. The molecule has 0 radical (unpaired) electrons. The zero-order valence-corrected chi connectivity index (χ0v) is 12.5. The van der Waals surface area contributed by atoms with Crippen molar-refractivity contribution in [3.05, 3.63) is 34.4 Å². The van der Waals surface area contributed by atoms with Crippen molar-refractivity contribution < 1.29 is 5.11 Å². The lowest BCUT2D eigenvalue weighted by molar-refractivity contribution is 0.220. The number of hydrogen-bond acceptors (Lipinski definition) is 2. The molecule has 0 heterocycles. The second-order valence-corrected chi connectivity index (χ2v) is 6.03. The van der Waals surface area contributed by atoms with Gasteiger partial charge in [-0.1, -0.05) is 31.4 Å². The van der Waals surface area contributed by atoms with Gasteiger partial charge in [0.05, 0.1) is 12.6 Å². The molecular weight excluding hydrogens is 234 g/mol. The van der Waals surface area contributed by atoms with Crippen LogP contribution in [0.4, 0.5) is 0 Å². The second kappa shape index (κ2) is 6.53. The Kier molecular flexibility index (Phi) is 5.00. The Morgan fingerprint density at radius 3 is 2.32 bits per heavy atom. The van der Waals surface area contributed by atoms with Gasteiger partial charge in [-0.2, -0.15) is 0 Å². The van der Waals surface area contributed by atoms with E-state index in [2.05, 4.69) is 38.2 Å². The molecule has 19 heavy (non-hydrogen) atoms. The third-order valence-corrected chi connectivity index (χ3v) is 4.48. The number of rotatable bonds is 4. The normalized spacial score (nSPS) is 18.5. The lowest BCUT2D eigenvalue weighted by Gasteiger charge is -2.29. The maximum absolute atomic E-state index is 9.73. The summed E-state index contributed by atoms with van der Waals surface area (Å²) in [6.45, 7) is 6.62. The Hall–Kier alpha value is -0.860. The summed E-state index contributed by atoms with van der Waals surface area (Å²) in [5, 5.41) is 13.4. The first-order valence-corrected chi connectivity index (χ1v) is 7.56. The summed E-state index contributed by atoms with van der Waals surface area (Å²) in [7, 11) is 0. The van der Waals surface area contributed by atoms with Gasteiger partial charge in [0.25, 0.3) is 0 Å². The predicted molar refractivity (Wildman–Crippen MR) is 80.5 cm³/mol. The van der Waals surface area contributed by atoms with Crippen LogP contribution in [-0.4, -0.2) is 17.8 Å². The van der Waals surface area contributed by atoms with Crippen LogP contribution in [0.1, 0.15) is 60.4 Å². The van der Waals surface area contributed by atoms with Gasteiger partial charge in [-0.05, 0) is 55.9 Å². The van der Waals surface area contributed by atoms with E-state index >= 15 is 0 Å². The molecule has 0 saturated heterocycles. The van der Waals surface area contributed by atoms with Gasteiger partial charge in [0.2, 0.25) is 0 Å². The molecule has 0 amide bonds. The number of aliphatic hydroxyl groups is 1. The Bertz CT molecular complexity index is 422. The summed E-state index contributed by atoms with van der Waals surface area (Å²) in [5.74, 6) is 0. The minimum Gasteiger partial charge on any atom is -0.394 e. The summed E-state index contributed by atoms with van der Waals surface area (Å²) in [6.07, 6.45) is 6.51. The van der Waals surface area contributed by atoms with Crippen LogP contribution in [0.15, 0.2) is 12.1 Å². The number of aryl methyl sites for hydroxylation is 3. The van der Waals surface area contributed by atoms with E-state index in [0.29, 0.717) is 6.04 Å². The lowest BCUT2D eigenvalue weighted by Crippen LogP contribution is -2.36. The Labute approximate surface area is 117 Å². The van der Waals surface area contributed by atoms with Crippen molar-refractivity contribution in [3.63, 3.8) is 0 Å². The maximum Gasteiger partial charge on any atom is 0.0626 e. The SMILES string of the molecule is Cc1cc(C)c(C(CO)NC2CCCCC2)cc1C. The van der Waals surface area contributed by atoms with Gasteiger partial charge in [-0.15, -0.1) is 0 Å². The van der Waals surface area contributed by atoms with Crippen LogP contribution in [0.25, 0.3) is 0 Å². The molecule has 2 rings (SSSR count). The summed E-state index contributed by atoms with van der Waals surface area (Å²) < 4.78 is 0. The molecule has 2 N–H and O–H groups in total. The first-order chi connectivity index (χ1) is 9.11. The quantitative estimate of drug-likeness (QED) is 0.868. The number of hydrogen-bond donors (Lipinski definition) is 2. The smallest absolute Gasteiger partial charge is 0.0626 e. The van der Waals surface area contributed by atoms with E-state index < -0.39 is 0 Å². The van der Waals surface area contributed by atoms with E-state index in [4.69, 9.17) is 0 Å². The molecule has 0 spiro atoms. The van der Waals surface area contributed by atoms with Crippen molar-refractivity contribution >= 4 is 0 Å². The largest absolute Gasteiger partial charge is 0.394 e. The third-order valence-electron chi connectivity index (χ3n) is 4.48. The van der Waals surface area contributed by atoms with Crippen molar-refractivity contribution in [2.24, 2.45) is 0 Å². The predicted octanol–water partition coefficient (Wildman–Crippen LogP) is 3.57. The summed E-state index contributed by atoms with van der Waals surface area (Å²) in [6, 6.07) is 5.13. The first-order valence-electron chi connectivity index (χ1n) is 7.56.